The molecule has 0 aromatic heterocycles. The molecule has 0 fully saturated rings. The number of allylic oxidation sites excluding steroid dienone is 1. The van der Waals surface area contributed by atoms with Gasteiger partial charge >= 0.3 is 0 Å². The van der Waals surface area contributed by atoms with Crippen molar-refractivity contribution in [3.63, 3.8) is 0 Å². The van der Waals surface area contributed by atoms with Crippen molar-refractivity contribution in [2.24, 2.45) is 0 Å². The molecular weight excluding hydrogens is 440 g/mol. The molecule has 172 valence electrons. The number of rotatable bonds is 4. The summed E-state index contributed by atoms with van der Waals surface area (Å²) in [4.78, 5) is 2.07. The van der Waals surface area contributed by atoms with E-state index in [1.165, 1.54) is 0 Å². The third-order valence-electron chi connectivity index (χ3n) is 6.04. The number of nitriles is 1. The molecular formula is C33H24N2O. The minimum Gasteiger partial charge on any atom is -0.455 e. The highest BCUT2D eigenvalue weighted by Crippen LogP contribution is 2.37. The smallest absolute Gasteiger partial charge is 0.143 e. The van der Waals surface area contributed by atoms with E-state index in [1.54, 1.807) is 12.1 Å². The van der Waals surface area contributed by atoms with Gasteiger partial charge in [-0.3, -0.25) is 0 Å². The quantitative estimate of drug-likeness (QED) is 0.158. The summed E-state index contributed by atoms with van der Waals surface area (Å²) in [5, 5.41) is 13.4. The van der Waals surface area contributed by atoms with Crippen LogP contribution >= 0.6 is 0 Å². The van der Waals surface area contributed by atoms with E-state index in [0.29, 0.717) is 11.3 Å². The van der Waals surface area contributed by atoms with Gasteiger partial charge in [-0.2, -0.15) is 5.26 Å². The van der Waals surface area contributed by atoms with E-state index < -0.39 is 0 Å². The fourth-order valence-corrected chi connectivity index (χ4v) is 4.10. The number of nitrogens with zero attached hydrogens (tertiary/aromatic N) is 2. The number of benzene rings is 5. The van der Waals surface area contributed by atoms with Crippen LogP contribution in [0.1, 0.15) is 16.7 Å². The van der Waals surface area contributed by atoms with Crippen LogP contribution in [0.25, 0.3) is 27.3 Å². The van der Waals surface area contributed by atoms with E-state index in [4.69, 9.17) is 10.00 Å². The molecule has 0 radical (unpaired) electrons. The van der Waals surface area contributed by atoms with Crippen molar-refractivity contribution in [2.45, 2.75) is 0 Å². The maximum Gasteiger partial charge on any atom is 0.143 e. The Kier molecular flexibility index (Phi) is 6.39. The normalized spacial score (nSPS) is 11.0. The van der Waals surface area contributed by atoms with Crippen LogP contribution in [0.5, 0.6) is 5.75 Å². The highest BCUT2D eigenvalue weighted by molar-refractivity contribution is 6.05. The third-order valence-corrected chi connectivity index (χ3v) is 6.04. The molecule has 0 aliphatic rings. The van der Waals surface area contributed by atoms with Crippen molar-refractivity contribution in [2.75, 3.05) is 19.0 Å². The first-order chi connectivity index (χ1) is 17.6. The minimum absolute atomic E-state index is 0.615. The van der Waals surface area contributed by atoms with Crippen LogP contribution in [0, 0.1) is 23.2 Å². The molecule has 36 heavy (non-hydrogen) atoms. The number of fused-ring (bicyclic) bond motifs is 2. The fourth-order valence-electron chi connectivity index (χ4n) is 4.10. The predicted octanol–water partition coefficient (Wildman–Crippen LogP) is 7.40. The molecule has 0 heterocycles. The maximum atomic E-state index is 9.03. The summed E-state index contributed by atoms with van der Waals surface area (Å²) < 4.78 is 6.70. The second kappa shape index (κ2) is 10.1. The average molecular weight is 465 g/mol. The zero-order chi connectivity index (χ0) is 24.9. The molecule has 3 heteroatoms. The van der Waals surface area contributed by atoms with Crippen LogP contribution in [0.3, 0.4) is 0 Å². The van der Waals surface area contributed by atoms with Gasteiger partial charge in [-0.15, -0.1) is 0 Å². The minimum atomic E-state index is 0.615. The maximum absolute atomic E-state index is 9.03. The van der Waals surface area contributed by atoms with Gasteiger partial charge < -0.3 is 9.64 Å². The Balaban J connectivity index is 1.62. The predicted molar refractivity (Wildman–Crippen MR) is 149 cm³/mol. The lowest BCUT2D eigenvalue weighted by Gasteiger charge is -2.16. The Labute approximate surface area is 211 Å². The summed E-state index contributed by atoms with van der Waals surface area (Å²) in [7, 11) is 4.04. The lowest BCUT2D eigenvalue weighted by Crippen LogP contribution is -2.08. The van der Waals surface area contributed by atoms with E-state index in [-0.39, 0.29) is 0 Å². The van der Waals surface area contributed by atoms with E-state index in [0.717, 1.165) is 44.1 Å². The first-order valence-electron chi connectivity index (χ1n) is 11.7. The molecule has 5 aromatic rings. The van der Waals surface area contributed by atoms with Gasteiger partial charge in [0.1, 0.15) is 11.5 Å². The molecule has 3 nitrogen and oxygen atoms in total. The Morgan fingerprint density at radius 2 is 1.33 bits per heavy atom. The molecule has 0 spiro atoms. The van der Waals surface area contributed by atoms with Gasteiger partial charge in [0, 0.05) is 47.8 Å². The fraction of sp³-hybridized carbons (Fsp3) is 0.0606. The van der Waals surface area contributed by atoms with E-state index in [9.17, 15) is 0 Å². The molecule has 0 bridgehead atoms. The molecule has 0 N–H and O–H groups in total. The highest BCUT2D eigenvalue weighted by atomic mass is 16.5. The van der Waals surface area contributed by atoms with E-state index in [2.05, 4.69) is 77.4 Å². The molecule has 0 unspecified atom stereocenters. The Morgan fingerprint density at radius 3 is 1.92 bits per heavy atom. The molecule has 0 amide bonds. The first kappa shape index (κ1) is 22.8. The molecule has 0 aliphatic heterocycles. The van der Waals surface area contributed by atoms with Crippen molar-refractivity contribution in [1.29, 1.82) is 5.26 Å². The second-order valence-corrected chi connectivity index (χ2v) is 8.66. The van der Waals surface area contributed by atoms with Crippen LogP contribution in [0.4, 0.5) is 5.69 Å². The molecule has 0 aliphatic carbocycles. The lowest BCUT2D eigenvalue weighted by molar-refractivity contribution is 0.527. The molecule has 0 saturated carbocycles. The summed E-state index contributed by atoms with van der Waals surface area (Å²) >= 11 is 0. The van der Waals surface area contributed by atoms with Crippen molar-refractivity contribution < 1.29 is 4.74 Å². The van der Waals surface area contributed by atoms with Crippen LogP contribution < -0.4 is 9.64 Å². The SMILES string of the molecule is CN(C)c1ccc(/C(=C/C#Cc2ccc(C#N)cc2)Oc2c3ccccc3cc3ccccc23)cc1. The van der Waals surface area contributed by atoms with E-state index in [1.807, 2.05) is 56.6 Å². The highest BCUT2D eigenvalue weighted by Gasteiger charge is 2.12. The van der Waals surface area contributed by atoms with Gasteiger partial charge in [-0.1, -0.05) is 60.4 Å². The summed E-state index contributed by atoms with van der Waals surface area (Å²) in [6.45, 7) is 0. The van der Waals surface area contributed by atoms with Crippen LogP contribution in [-0.2, 0) is 0 Å². The summed E-state index contributed by atoms with van der Waals surface area (Å²) in [6, 6.07) is 36.4. The van der Waals surface area contributed by atoms with Gasteiger partial charge in [0.15, 0.2) is 0 Å². The van der Waals surface area contributed by atoms with Crippen molar-refractivity contribution in [3.8, 4) is 23.7 Å². The van der Waals surface area contributed by atoms with Gasteiger partial charge in [0.25, 0.3) is 0 Å². The largest absolute Gasteiger partial charge is 0.455 e. The number of hydrogen-bond acceptors (Lipinski definition) is 3. The average Bonchev–Trinajstić information content (AvgIpc) is 2.92. The van der Waals surface area contributed by atoms with Gasteiger partial charge in [0.05, 0.1) is 11.6 Å². The zero-order valence-electron chi connectivity index (χ0n) is 20.2. The van der Waals surface area contributed by atoms with Crippen LogP contribution in [0.2, 0.25) is 0 Å². The molecule has 0 saturated heterocycles. The van der Waals surface area contributed by atoms with Crippen molar-refractivity contribution in [3.05, 3.63) is 126 Å². The first-order valence-corrected chi connectivity index (χ1v) is 11.7. The van der Waals surface area contributed by atoms with Crippen LogP contribution in [0.15, 0.2) is 109 Å². The van der Waals surface area contributed by atoms with E-state index >= 15 is 0 Å². The second-order valence-electron chi connectivity index (χ2n) is 8.66. The molecule has 5 aromatic carbocycles. The summed E-state index contributed by atoms with van der Waals surface area (Å²) in [5.74, 6) is 7.80. The van der Waals surface area contributed by atoms with Crippen molar-refractivity contribution in [1.82, 2.24) is 0 Å². The van der Waals surface area contributed by atoms with Gasteiger partial charge in [-0.25, -0.2) is 0 Å². The standard InChI is InChI=1S/C33H24N2O/c1-35(2)29-20-18-26(19-21-29)32(13-7-8-24-14-16-25(23-34)17-15-24)36-33-30-11-5-3-9-27(30)22-28-10-4-6-12-31(28)33/h3-6,9-22H,1-2H3/b32-13-. The molecule has 0 atom stereocenters. The Morgan fingerprint density at radius 1 is 0.750 bits per heavy atom. The van der Waals surface area contributed by atoms with Gasteiger partial charge in [-0.05, 0) is 65.4 Å². The van der Waals surface area contributed by atoms with Crippen LogP contribution in [-0.4, -0.2) is 14.1 Å². The topological polar surface area (TPSA) is 36.3 Å². The Bertz CT molecular complexity index is 1620. The number of ether oxygens (including phenoxy) is 1. The summed E-state index contributed by atoms with van der Waals surface area (Å²) in [6.07, 6.45) is 1.82. The summed E-state index contributed by atoms with van der Waals surface area (Å²) in [5.41, 5.74) is 3.50. The Hall–Kier alpha value is -4.99. The third kappa shape index (κ3) is 4.78. The van der Waals surface area contributed by atoms with Crippen molar-refractivity contribution >= 4 is 33.0 Å². The monoisotopic (exact) mass is 464 g/mol. The lowest BCUT2D eigenvalue weighted by atomic mass is 10.0. The molecule has 5 rings (SSSR count). The number of anilines is 1. The zero-order valence-corrected chi connectivity index (χ0v) is 20.2. The van der Waals surface area contributed by atoms with Gasteiger partial charge in [0.2, 0.25) is 0 Å². The number of hydrogen-bond donors (Lipinski definition) is 0.